The van der Waals surface area contributed by atoms with Crippen molar-refractivity contribution >= 4 is 23.5 Å². The topological polar surface area (TPSA) is 86.7 Å². The number of carbonyl (C=O) groups is 4. The van der Waals surface area contributed by atoms with E-state index in [9.17, 15) is 19.2 Å². The Morgan fingerprint density at radius 1 is 0.821 bits per heavy atom. The number of esters is 2. The van der Waals surface area contributed by atoms with Gasteiger partial charge in [0.05, 0.1) is 0 Å². The lowest BCUT2D eigenvalue weighted by molar-refractivity contribution is -0.147. The highest BCUT2D eigenvalue weighted by atomic mass is 16.5. The Morgan fingerprint density at radius 2 is 1.23 bits per heavy atom. The highest BCUT2D eigenvalue weighted by molar-refractivity contribution is 5.99. The van der Waals surface area contributed by atoms with E-state index in [2.05, 4.69) is 27.7 Å². The second-order valence-corrected chi connectivity index (χ2v) is 11.6. The zero-order valence-electron chi connectivity index (χ0n) is 26.0. The lowest BCUT2D eigenvalue weighted by Crippen LogP contribution is -2.41. The summed E-state index contributed by atoms with van der Waals surface area (Å²) in [5.74, 6) is -0.442. The average molecular weight is 543 g/mol. The monoisotopic (exact) mass is 542 g/mol. The summed E-state index contributed by atoms with van der Waals surface area (Å²) >= 11 is 0. The van der Waals surface area contributed by atoms with E-state index in [0.717, 1.165) is 29.6 Å². The average Bonchev–Trinajstić information content (AvgIpc) is 2.82. The molecule has 2 aliphatic rings. The third kappa shape index (κ3) is 8.87. The van der Waals surface area contributed by atoms with E-state index in [1.165, 1.54) is 13.8 Å². The minimum absolute atomic E-state index is 0.111. The Bertz CT molecular complexity index is 1040. The Kier molecular flexibility index (Phi) is 12.8. The van der Waals surface area contributed by atoms with Gasteiger partial charge >= 0.3 is 11.9 Å². The quantitative estimate of drug-likeness (QED) is 0.182. The third-order valence-corrected chi connectivity index (χ3v) is 8.49. The molecule has 2 aliphatic carbocycles. The van der Waals surface area contributed by atoms with Gasteiger partial charge in [0.1, 0.15) is 12.2 Å². The molecular weight excluding hydrogens is 492 g/mol. The first-order valence-corrected chi connectivity index (χ1v) is 14.1. The van der Waals surface area contributed by atoms with Crippen LogP contribution in [-0.2, 0) is 28.7 Å². The summed E-state index contributed by atoms with van der Waals surface area (Å²) in [5.41, 5.74) is 2.49. The van der Waals surface area contributed by atoms with Crippen molar-refractivity contribution in [2.45, 2.75) is 114 Å². The van der Waals surface area contributed by atoms with E-state index >= 15 is 0 Å². The zero-order chi connectivity index (χ0) is 30.1. The number of allylic oxidation sites excluding steroid dienone is 6. The largest absolute Gasteiger partial charge is 0.458 e. The van der Waals surface area contributed by atoms with Gasteiger partial charge in [-0.1, -0.05) is 51.0 Å². The molecule has 0 bridgehead atoms. The fraction of sp³-hybridized carbons (Fsp3) is 0.636. The van der Waals surface area contributed by atoms with Crippen LogP contribution in [0.2, 0.25) is 0 Å². The number of Topliss-reactive ketones (excluding diaryl/α,β-unsaturated/α-hetero) is 1. The van der Waals surface area contributed by atoms with E-state index in [1.54, 1.807) is 12.2 Å². The molecule has 0 aliphatic heterocycles. The van der Waals surface area contributed by atoms with Gasteiger partial charge in [0.25, 0.3) is 0 Å². The van der Waals surface area contributed by atoms with Crippen molar-refractivity contribution in [2.75, 3.05) is 0 Å². The number of ether oxygens (including phenoxy) is 2. The SMILES string of the molecule is CC=C(C)C(=O)C1C(C)=CC(OC(C)=O)CC1(C)CC.CC=CC(=O)C1C(C)=CC(OC(C)=O)CC1(C)CC. The molecule has 6 atom stereocenters. The van der Waals surface area contributed by atoms with Gasteiger partial charge in [-0.3, -0.25) is 19.2 Å². The molecule has 6 nitrogen and oxygen atoms in total. The lowest BCUT2D eigenvalue weighted by Gasteiger charge is -2.42. The summed E-state index contributed by atoms with van der Waals surface area (Å²) in [6.45, 7) is 20.8. The number of rotatable bonds is 8. The van der Waals surface area contributed by atoms with E-state index in [1.807, 2.05) is 52.8 Å². The zero-order valence-corrected chi connectivity index (χ0v) is 26.0. The van der Waals surface area contributed by atoms with Gasteiger partial charge in [-0.15, -0.1) is 0 Å². The fourth-order valence-electron chi connectivity index (χ4n) is 6.15. The van der Waals surface area contributed by atoms with Crippen molar-refractivity contribution in [1.29, 1.82) is 0 Å². The van der Waals surface area contributed by atoms with Crippen molar-refractivity contribution in [2.24, 2.45) is 22.7 Å². The van der Waals surface area contributed by atoms with Gasteiger partial charge in [-0.2, -0.15) is 0 Å². The van der Waals surface area contributed by atoms with Crippen LogP contribution in [0.4, 0.5) is 0 Å². The van der Waals surface area contributed by atoms with E-state index in [-0.39, 0.29) is 58.4 Å². The summed E-state index contributed by atoms with van der Waals surface area (Å²) in [6.07, 6.45) is 11.9. The molecule has 0 spiro atoms. The molecule has 0 amide bonds. The van der Waals surface area contributed by atoms with Crippen LogP contribution < -0.4 is 0 Å². The van der Waals surface area contributed by atoms with Gasteiger partial charge in [0.2, 0.25) is 0 Å². The van der Waals surface area contributed by atoms with Crippen molar-refractivity contribution in [3.05, 3.63) is 47.1 Å². The Balaban J connectivity index is 0.000000391. The van der Waals surface area contributed by atoms with E-state index in [0.29, 0.717) is 12.8 Å². The molecule has 0 saturated carbocycles. The smallest absolute Gasteiger partial charge is 0.303 e. The third-order valence-electron chi connectivity index (χ3n) is 8.49. The van der Waals surface area contributed by atoms with Crippen molar-refractivity contribution in [3.8, 4) is 0 Å². The first-order valence-electron chi connectivity index (χ1n) is 14.1. The molecule has 0 radical (unpaired) electrons. The molecule has 0 saturated heterocycles. The normalized spacial score (nSPS) is 30.9. The number of hydrogen-bond donors (Lipinski definition) is 0. The highest BCUT2D eigenvalue weighted by Gasteiger charge is 2.44. The molecule has 0 N–H and O–H groups in total. The van der Waals surface area contributed by atoms with Crippen LogP contribution in [0.3, 0.4) is 0 Å². The predicted molar refractivity (Wildman–Crippen MR) is 156 cm³/mol. The second-order valence-electron chi connectivity index (χ2n) is 11.6. The van der Waals surface area contributed by atoms with Crippen LogP contribution in [0.25, 0.3) is 0 Å². The lowest BCUT2D eigenvalue weighted by atomic mass is 9.62. The van der Waals surface area contributed by atoms with Gasteiger partial charge in [0.15, 0.2) is 11.6 Å². The van der Waals surface area contributed by atoms with Crippen LogP contribution in [0.1, 0.15) is 102 Å². The van der Waals surface area contributed by atoms with E-state index in [4.69, 9.17) is 9.47 Å². The molecule has 0 fully saturated rings. The molecule has 0 aromatic carbocycles. The van der Waals surface area contributed by atoms with Crippen molar-refractivity contribution < 1.29 is 28.7 Å². The second kappa shape index (κ2) is 14.6. The van der Waals surface area contributed by atoms with E-state index < -0.39 is 0 Å². The summed E-state index contributed by atoms with van der Waals surface area (Å²) in [7, 11) is 0. The Morgan fingerprint density at radius 3 is 1.59 bits per heavy atom. The first kappa shape index (κ1) is 34.3. The summed E-state index contributed by atoms with van der Waals surface area (Å²) in [5, 5.41) is 0. The summed E-state index contributed by atoms with van der Waals surface area (Å²) in [4.78, 5) is 47.2. The van der Waals surface area contributed by atoms with Crippen LogP contribution >= 0.6 is 0 Å². The van der Waals surface area contributed by atoms with Crippen LogP contribution in [0.5, 0.6) is 0 Å². The predicted octanol–water partition coefficient (Wildman–Crippen LogP) is 7.28. The molecule has 2 rings (SSSR count). The van der Waals surface area contributed by atoms with Gasteiger partial charge in [0, 0.05) is 25.7 Å². The molecule has 218 valence electrons. The summed E-state index contributed by atoms with van der Waals surface area (Å²) < 4.78 is 10.6. The van der Waals surface area contributed by atoms with Gasteiger partial charge in [-0.05, 0) is 94.9 Å². The molecule has 0 aromatic heterocycles. The number of carbonyl (C=O) groups excluding carboxylic acids is 4. The minimum Gasteiger partial charge on any atom is -0.458 e. The number of ketones is 2. The number of hydrogen-bond acceptors (Lipinski definition) is 6. The standard InChI is InChI=1S/C17H26O3.C16H24O3/c1-7-11(3)16(19)15-12(4)9-14(20-13(5)18)10-17(15,6)8-2;1-6-8-14(18)15-11(3)9-13(19-12(4)17)10-16(15,5)7-2/h7,9,14-15H,8,10H2,1-6H3;6,8-9,13,15H,7,10H2,1-5H3. The highest BCUT2D eigenvalue weighted by Crippen LogP contribution is 2.46. The van der Waals surface area contributed by atoms with Crippen LogP contribution in [-0.4, -0.2) is 35.7 Å². The van der Waals surface area contributed by atoms with Crippen molar-refractivity contribution in [1.82, 2.24) is 0 Å². The molecule has 39 heavy (non-hydrogen) atoms. The van der Waals surface area contributed by atoms with Crippen LogP contribution in [0.15, 0.2) is 47.1 Å². The molecule has 6 heteroatoms. The Hall–Kier alpha value is -2.76. The first-order chi connectivity index (χ1) is 18.1. The molecule has 0 aromatic rings. The minimum atomic E-state index is -0.272. The Labute approximate surface area is 236 Å². The molecular formula is C33H50O6. The molecule has 0 heterocycles. The van der Waals surface area contributed by atoms with Crippen molar-refractivity contribution in [3.63, 3.8) is 0 Å². The molecule has 6 unspecified atom stereocenters. The van der Waals surface area contributed by atoms with Crippen LogP contribution in [0, 0.1) is 22.7 Å². The maximum absolute atomic E-state index is 12.6. The maximum atomic E-state index is 12.6. The van der Waals surface area contributed by atoms with Gasteiger partial charge in [-0.25, -0.2) is 0 Å². The van der Waals surface area contributed by atoms with Gasteiger partial charge < -0.3 is 9.47 Å². The summed E-state index contributed by atoms with van der Waals surface area (Å²) in [6, 6.07) is 0. The fourth-order valence-corrected chi connectivity index (χ4v) is 6.15. The maximum Gasteiger partial charge on any atom is 0.303 e.